The van der Waals surface area contributed by atoms with E-state index in [1.54, 1.807) is 0 Å². The van der Waals surface area contributed by atoms with Crippen LogP contribution in [0.1, 0.15) is 17.5 Å². The first-order chi connectivity index (χ1) is 8.24. The molecule has 0 atom stereocenters. The molecule has 0 N–H and O–H groups in total. The van der Waals surface area contributed by atoms with Crippen LogP contribution in [0.25, 0.3) is 0 Å². The highest BCUT2D eigenvalue weighted by molar-refractivity contribution is 9.10. The Morgan fingerprint density at radius 3 is 2.12 bits per heavy atom. The van der Waals surface area contributed by atoms with Gasteiger partial charge >= 0.3 is 0 Å². The van der Waals surface area contributed by atoms with Crippen molar-refractivity contribution in [3.8, 4) is 0 Å². The normalized spacial score (nSPS) is 10.5. The molecule has 2 heteroatoms. The summed E-state index contributed by atoms with van der Waals surface area (Å²) < 4.78 is 2.31. The third-order valence-corrected chi connectivity index (χ3v) is 3.76. The number of rotatable bonds is 4. The Balaban J connectivity index is 1.85. The van der Waals surface area contributed by atoms with Gasteiger partial charge in [-0.25, -0.2) is 0 Å². The number of hydrogen-bond acceptors (Lipinski definition) is 0. The summed E-state index contributed by atoms with van der Waals surface area (Å²) in [5.74, 6) is 0. The van der Waals surface area contributed by atoms with Gasteiger partial charge in [-0.05, 0) is 54.7 Å². The Bertz CT molecular complexity index is 475. The second-order valence-electron chi connectivity index (χ2n) is 4.11. The molecular formula is C15H14Br2. The summed E-state index contributed by atoms with van der Waals surface area (Å²) in [5.41, 5.74) is 2.81. The number of hydrogen-bond donors (Lipinski definition) is 0. The van der Waals surface area contributed by atoms with E-state index in [1.807, 2.05) is 0 Å². The van der Waals surface area contributed by atoms with Crippen LogP contribution in [0.2, 0.25) is 0 Å². The molecule has 0 heterocycles. The Morgan fingerprint density at radius 2 is 1.41 bits per heavy atom. The van der Waals surface area contributed by atoms with Gasteiger partial charge in [-0.2, -0.15) is 0 Å². The largest absolute Gasteiger partial charge is 0.0609 e. The molecule has 2 rings (SSSR count). The van der Waals surface area contributed by atoms with Crippen molar-refractivity contribution >= 4 is 31.9 Å². The van der Waals surface area contributed by atoms with Gasteiger partial charge in [0, 0.05) is 8.95 Å². The summed E-state index contributed by atoms with van der Waals surface area (Å²) in [6.45, 7) is 0. The van der Waals surface area contributed by atoms with Gasteiger partial charge < -0.3 is 0 Å². The molecule has 0 aliphatic heterocycles. The SMILES string of the molecule is Brc1ccc(CCCc2cccc(Br)c2)cc1. The van der Waals surface area contributed by atoms with Crippen LogP contribution in [-0.4, -0.2) is 0 Å². The summed E-state index contributed by atoms with van der Waals surface area (Å²) in [6, 6.07) is 17.1. The van der Waals surface area contributed by atoms with E-state index in [0.717, 1.165) is 17.3 Å². The Labute approximate surface area is 119 Å². The first-order valence-electron chi connectivity index (χ1n) is 5.73. The zero-order valence-corrected chi connectivity index (χ0v) is 12.7. The molecule has 0 radical (unpaired) electrons. The fraction of sp³-hybridized carbons (Fsp3) is 0.200. The van der Waals surface area contributed by atoms with E-state index >= 15 is 0 Å². The molecule has 0 aliphatic carbocycles. The Morgan fingerprint density at radius 1 is 0.706 bits per heavy atom. The van der Waals surface area contributed by atoms with Gasteiger partial charge in [-0.15, -0.1) is 0 Å². The topological polar surface area (TPSA) is 0 Å². The van der Waals surface area contributed by atoms with E-state index < -0.39 is 0 Å². The lowest BCUT2D eigenvalue weighted by molar-refractivity contribution is 0.820. The summed E-state index contributed by atoms with van der Waals surface area (Å²) in [4.78, 5) is 0. The molecule has 0 aromatic heterocycles. The molecule has 0 bridgehead atoms. The Hall–Kier alpha value is -0.600. The molecule has 2 aromatic carbocycles. The Kier molecular flexibility index (Phi) is 4.81. The van der Waals surface area contributed by atoms with Gasteiger partial charge in [-0.1, -0.05) is 56.1 Å². The fourth-order valence-corrected chi connectivity index (χ4v) is 2.55. The maximum atomic E-state index is 3.50. The molecule has 2 aromatic rings. The van der Waals surface area contributed by atoms with Crippen LogP contribution in [0.4, 0.5) is 0 Å². The summed E-state index contributed by atoms with van der Waals surface area (Å²) in [6.07, 6.45) is 3.47. The highest BCUT2D eigenvalue weighted by Crippen LogP contribution is 2.15. The molecule has 0 unspecified atom stereocenters. The molecule has 88 valence electrons. The van der Waals surface area contributed by atoms with Crippen molar-refractivity contribution in [2.24, 2.45) is 0 Å². The minimum absolute atomic E-state index is 1.13. The standard InChI is InChI=1S/C15H14Br2/c16-14-9-7-12(8-10-14)3-1-4-13-5-2-6-15(17)11-13/h2,5-11H,1,3-4H2. The molecule has 0 amide bonds. The molecule has 0 aliphatic rings. The molecule has 0 nitrogen and oxygen atoms in total. The van der Waals surface area contributed by atoms with Crippen molar-refractivity contribution < 1.29 is 0 Å². The zero-order chi connectivity index (χ0) is 12.1. The predicted molar refractivity (Wildman–Crippen MR) is 80.3 cm³/mol. The van der Waals surface area contributed by atoms with Crippen LogP contribution in [-0.2, 0) is 12.8 Å². The van der Waals surface area contributed by atoms with Crippen LogP contribution in [0.15, 0.2) is 57.5 Å². The first-order valence-corrected chi connectivity index (χ1v) is 7.31. The van der Waals surface area contributed by atoms with Crippen molar-refractivity contribution in [3.63, 3.8) is 0 Å². The summed E-state index contributed by atoms with van der Waals surface area (Å²) in [5, 5.41) is 0. The molecule has 0 spiro atoms. The van der Waals surface area contributed by atoms with Gasteiger partial charge in [0.25, 0.3) is 0 Å². The van der Waals surface area contributed by atoms with E-state index in [-0.39, 0.29) is 0 Å². The lowest BCUT2D eigenvalue weighted by Gasteiger charge is -2.03. The molecule has 0 saturated heterocycles. The quantitative estimate of drug-likeness (QED) is 0.691. The van der Waals surface area contributed by atoms with Gasteiger partial charge in [-0.3, -0.25) is 0 Å². The van der Waals surface area contributed by atoms with E-state index in [9.17, 15) is 0 Å². The van der Waals surface area contributed by atoms with Crippen LogP contribution >= 0.6 is 31.9 Å². The minimum Gasteiger partial charge on any atom is -0.0609 e. The smallest absolute Gasteiger partial charge is 0.0177 e. The van der Waals surface area contributed by atoms with Crippen LogP contribution in [0.5, 0.6) is 0 Å². The third-order valence-electron chi connectivity index (χ3n) is 2.73. The van der Waals surface area contributed by atoms with E-state index in [2.05, 4.69) is 80.4 Å². The number of halogens is 2. The van der Waals surface area contributed by atoms with Crippen molar-refractivity contribution in [2.75, 3.05) is 0 Å². The average Bonchev–Trinajstić information content (AvgIpc) is 2.32. The lowest BCUT2D eigenvalue weighted by atomic mass is 10.0. The van der Waals surface area contributed by atoms with Gasteiger partial charge in [0.2, 0.25) is 0 Å². The number of benzene rings is 2. The van der Waals surface area contributed by atoms with Crippen LogP contribution < -0.4 is 0 Å². The zero-order valence-electron chi connectivity index (χ0n) is 9.50. The highest BCUT2D eigenvalue weighted by Gasteiger charge is 1.96. The van der Waals surface area contributed by atoms with E-state index in [4.69, 9.17) is 0 Å². The highest BCUT2D eigenvalue weighted by atomic mass is 79.9. The molecule has 17 heavy (non-hydrogen) atoms. The van der Waals surface area contributed by atoms with E-state index in [1.165, 1.54) is 22.0 Å². The molecular weight excluding hydrogens is 340 g/mol. The lowest BCUT2D eigenvalue weighted by Crippen LogP contribution is -1.90. The monoisotopic (exact) mass is 352 g/mol. The van der Waals surface area contributed by atoms with E-state index in [0.29, 0.717) is 0 Å². The molecule has 0 fully saturated rings. The average molecular weight is 354 g/mol. The van der Waals surface area contributed by atoms with Gasteiger partial charge in [0.15, 0.2) is 0 Å². The number of aryl methyl sites for hydroxylation is 2. The van der Waals surface area contributed by atoms with Crippen molar-refractivity contribution in [1.82, 2.24) is 0 Å². The second-order valence-corrected chi connectivity index (χ2v) is 5.94. The van der Waals surface area contributed by atoms with Crippen molar-refractivity contribution in [3.05, 3.63) is 68.6 Å². The van der Waals surface area contributed by atoms with Crippen LogP contribution in [0.3, 0.4) is 0 Å². The van der Waals surface area contributed by atoms with Crippen LogP contribution in [0, 0.1) is 0 Å². The minimum atomic E-state index is 1.13. The molecule has 0 saturated carbocycles. The third kappa shape index (κ3) is 4.29. The predicted octanol–water partition coefficient (Wildman–Crippen LogP) is 5.39. The first kappa shape index (κ1) is 12.8. The maximum absolute atomic E-state index is 3.50. The maximum Gasteiger partial charge on any atom is 0.0177 e. The second kappa shape index (κ2) is 6.36. The summed E-state index contributed by atoms with van der Waals surface area (Å²) in [7, 11) is 0. The van der Waals surface area contributed by atoms with Gasteiger partial charge in [0.05, 0.1) is 0 Å². The van der Waals surface area contributed by atoms with Crippen molar-refractivity contribution in [1.29, 1.82) is 0 Å². The van der Waals surface area contributed by atoms with Crippen molar-refractivity contribution in [2.45, 2.75) is 19.3 Å². The summed E-state index contributed by atoms with van der Waals surface area (Å²) >= 11 is 6.95. The van der Waals surface area contributed by atoms with Gasteiger partial charge in [0.1, 0.15) is 0 Å². The fourth-order valence-electron chi connectivity index (χ4n) is 1.84.